The van der Waals surface area contributed by atoms with Gasteiger partial charge >= 0.3 is 6.29 Å². The van der Waals surface area contributed by atoms with Gasteiger partial charge < -0.3 is 24.3 Å². The van der Waals surface area contributed by atoms with Crippen LogP contribution in [-0.2, 0) is 9.47 Å². The number of hydrogen-bond acceptors (Lipinski definition) is 5. The molecule has 1 aromatic carbocycles. The second-order valence-corrected chi connectivity index (χ2v) is 3.86. The van der Waals surface area contributed by atoms with Gasteiger partial charge in [-0.25, -0.2) is 0 Å². The summed E-state index contributed by atoms with van der Waals surface area (Å²) in [5.41, 5.74) is 0.662. The molecule has 0 aliphatic carbocycles. The molecule has 0 radical (unpaired) electrons. The molecule has 0 unspecified atom stereocenters. The standard InChI is InChI=1S/C12H15F2NO4/c1-16-6-7-17-5-4-15-9-2-3-10-11(8-9)19-12(13,14)18-10/h2-3,8,15H,4-7H2,1H3. The highest BCUT2D eigenvalue weighted by Crippen LogP contribution is 2.42. The van der Waals surface area contributed by atoms with Crippen LogP contribution in [0.15, 0.2) is 18.2 Å². The predicted octanol–water partition coefficient (Wildman–Crippen LogP) is 2.08. The summed E-state index contributed by atoms with van der Waals surface area (Å²) in [7, 11) is 1.60. The van der Waals surface area contributed by atoms with Gasteiger partial charge in [-0.1, -0.05) is 0 Å². The Balaban J connectivity index is 1.77. The van der Waals surface area contributed by atoms with Crippen LogP contribution in [-0.4, -0.2) is 39.8 Å². The topological polar surface area (TPSA) is 49.0 Å². The van der Waals surface area contributed by atoms with Crippen LogP contribution in [0.2, 0.25) is 0 Å². The highest BCUT2D eigenvalue weighted by Gasteiger charge is 2.43. The van der Waals surface area contributed by atoms with E-state index in [-0.39, 0.29) is 11.5 Å². The van der Waals surface area contributed by atoms with E-state index in [1.54, 1.807) is 13.2 Å². The van der Waals surface area contributed by atoms with Gasteiger partial charge in [-0.2, -0.15) is 0 Å². The SMILES string of the molecule is COCCOCCNc1ccc2c(c1)OC(F)(F)O2. The summed E-state index contributed by atoms with van der Waals surface area (Å²) in [5.74, 6) is 0.0576. The molecule has 19 heavy (non-hydrogen) atoms. The first-order valence-electron chi connectivity index (χ1n) is 5.81. The van der Waals surface area contributed by atoms with Crippen LogP contribution < -0.4 is 14.8 Å². The fraction of sp³-hybridized carbons (Fsp3) is 0.500. The number of anilines is 1. The average molecular weight is 275 g/mol. The quantitative estimate of drug-likeness (QED) is 0.772. The van der Waals surface area contributed by atoms with E-state index in [1.165, 1.54) is 12.1 Å². The van der Waals surface area contributed by atoms with Crippen LogP contribution in [0.5, 0.6) is 11.5 Å². The van der Waals surface area contributed by atoms with E-state index in [4.69, 9.17) is 9.47 Å². The molecular weight excluding hydrogens is 260 g/mol. The molecule has 7 heteroatoms. The molecule has 1 heterocycles. The van der Waals surface area contributed by atoms with Crippen molar-refractivity contribution in [1.29, 1.82) is 0 Å². The summed E-state index contributed by atoms with van der Waals surface area (Å²) < 4.78 is 44.3. The highest BCUT2D eigenvalue weighted by atomic mass is 19.3. The van der Waals surface area contributed by atoms with Crippen molar-refractivity contribution in [3.05, 3.63) is 18.2 Å². The summed E-state index contributed by atoms with van der Waals surface area (Å²) in [6.45, 7) is 2.11. The second kappa shape index (κ2) is 6.03. The normalized spacial score (nSPS) is 15.5. The smallest absolute Gasteiger partial charge is 0.395 e. The van der Waals surface area contributed by atoms with Gasteiger partial charge in [0.05, 0.1) is 19.8 Å². The predicted molar refractivity (Wildman–Crippen MR) is 63.8 cm³/mol. The molecule has 0 spiro atoms. The molecule has 0 atom stereocenters. The zero-order valence-electron chi connectivity index (χ0n) is 10.4. The molecule has 0 saturated carbocycles. The van der Waals surface area contributed by atoms with Crippen molar-refractivity contribution >= 4 is 5.69 Å². The Hall–Kier alpha value is -1.60. The van der Waals surface area contributed by atoms with E-state index in [0.717, 1.165) is 0 Å². The van der Waals surface area contributed by atoms with E-state index < -0.39 is 6.29 Å². The lowest BCUT2D eigenvalue weighted by Crippen LogP contribution is -2.25. The fourth-order valence-electron chi connectivity index (χ4n) is 1.57. The summed E-state index contributed by atoms with van der Waals surface area (Å²) in [6, 6.07) is 4.54. The van der Waals surface area contributed by atoms with Crippen molar-refractivity contribution in [3.8, 4) is 11.5 Å². The summed E-state index contributed by atoms with van der Waals surface area (Å²) >= 11 is 0. The minimum absolute atomic E-state index is 0.0234. The van der Waals surface area contributed by atoms with Crippen LogP contribution >= 0.6 is 0 Å². The van der Waals surface area contributed by atoms with Crippen molar-refractivity contribution in [2.45, 2.75) is 6.29 Å². The largest absolute Gasteiger partial charge is 0.586 e. The number of nitrogens with one attached hydrogen (secondary N) is 1. The van der Waals surface area contributed by atoms with E-state index in [0.29, 0.717) is 32.1 Å². The number of rotatable bonds is 7. The van der Waals surface area contributed by atoms with Crippen LogP contribution in [0.3, 0.4) is 0 Å². The maximum atomic E-state index is 12.8. The molecule has 0 aromatic heterocycles. The molecule has 1 aliphatic rings. The maximum Gasteiger partial charge on any atom is 0.586 e. The van der Waals surface area contributed by atoms with Crippen molar-refractivity contribution < 1.29 is 27.7 Å². The van der Waals surface area contributed by atoms with E-state index >= 15 is 0 Å². The lowest BCUT2D eigenvalue weighted by molar-refractivity contribution is -0.286. The molecular formula is C12H15F2NO4. The zero-order chi connectivity index (χ0) is 13.7. The molecule has 0 amide bonds. The lowest BCUT2D eigenvalue weighted by atomic mass is 10.3. The van der Waals surface area contributed by atoms with Crippen molar-refractivity contribution in [2.75, 3.05) is 38.8 Å². The number of halogens is 2. The highest BCUT2D eigenvalue weighted by molar-refractivity contribution is 5.55. The third kappa shape index (κ3) is 3.93. The minimum atomic E-state index is -3.58. The molecule has 106 valence electrons. The number of fused-ring (bicyclic) bond motifs is 1. The van der Waals surface area contributed by atoms with Crippen LogP contribution in [0.4, 0.5) is 14.5 Å². The first-order valence-corrected chi connectivity index (χ1v) is 5.81. The van der Waals surface area contributed by atoms with Gasteiger partial charge in [-0.05, 0) is 12.1 Å². The van der Waals surface area contributed by atoms with Crippen LogP contribution in [0.1, 0.15) is 0 Å². The van der Waals surface area contributed by atoms with E-state index in [1.807, 2.05) is 0 Å². The Kier molecular flexibility index (Phi) is 4.39. The number of benzene rings is 1. The minimum Gasteiger partial charge on any atom is -0.395 e. The van der Waals surface area contributed by atoms with E-state index in [2.05, 4.69) is 14.8 Å². The third-order valence-electron chi connectivity index (χ3n) is 2.41. The number of alkyl halides is 2. The van der Waals surface area contributed by atoms with Crippen molar-refractivity contribution in [2.24, 2.45) is 0 Å². The maximum absolute atomic E-state index is 12.8. The molecule has 2 rings (SSSR count). The first-order chi connectivity index (χ1) is 9.11. The fourth-order valence-corrected chi connectivity index (χ4v) is 1.57. The lowest BCUT2D eigenvalue weighted by Gasteiger charge is -2.07. The van der Waals surface area contributed by atoms with Crippen LogP contribution in [0.25, 0.3) is 0 Å². The zero-order valence-corrected chi connectivity index (χ0v) is 10.4. The molecule has 5 nitrogen and oxygen atoms in total. The molecule has 1 N–H and O–H groups in total. The van der Waals surface area contributed by atoms with E-state index in [9.17, 15) is 8.78 Å². The monoisotopic (exact) mass is 275 g/mol. The van der Waals surface area contributed by atoms with Gasteiger partial charge in [-0.3, -0.25) is 0 Å². The Labute approximate surface area is 109 Å². The summed E-state index contributed by atoms with van der Waals surface area (Å²) in [5, 5.41) is 3.03. The Morgan fingerprint density at radius 1 is 1.16 bits per heavy atom. The number of hydrogen-bond donors (Lipinski definition) is 1. The van der Waals surface area contributed by atoms with Gasteiger partial charge in [-0.15, -0.1) is 8.78 Å². The Morgan fingerprint density at radius 3 is 2.74 bits per heavy atom. The van der Waals surface area contributed by atoms with Crippen LogP contribution in [0, 0.1) is 0 Å². The third-order valence-corrected chi connectivity index (χ3v) is 2.41. The number of methoxy groups -OCH3 is 1. The van der Waals surface area contributed by atoms with Gasteiger partial charge in [0.1, 0.15) is 0 Å². The average Bonchev–Trinajstić information content (AvgIpc) is 2.66. The van der Waals surface area contributed by atoms with Crippen molar-refractivity contribution in [3.63, 3.8) is 0 Å². The second-order valence-electron chi connectivity index (χ2n) is 3.86. The first kappa shape index (κ1) is 13.8. The molecule has 1 aromatic rings. The Morgan fingerprint density at radius 2 is 1.95 bits per heavy atom. The van der Waals surface area contributed by atoms with Gasteiger partial charge in [0.25, 0.3) is 0 Å². The summed E-state index contributed by atoms with van der Waals surface area (Å²) in [6.07, 6.45) is -3.58. The van der Waals surface area contributed by atoms with Gasteiger partial charge in [0.2, 0.25) is 0 Å². The molecule has 1 aliphatic heterocycles. The Bertz CT molecular complexity index is 428. The molecule has 0 saturated heterocycles. The molecule has 0 fully saturated rings. The number of ether oxygens (including phenoxy) is 4. The van der Waals surface area contributed by atoms with Gasteiger partial charge in [0.15, 0.2) is 11.5 Å². The van der Waals surface area contributed by atoms with Crippen molar-refractivity contribution in [1.82, 2.24) is 0 Å². The summed E-state index contributed by atoms with van der Waals surface area (Å²) in [4.78, 5) is 0. The van der Waals surface area contributed by atoms with Gasteiger partial charge in [0, 0.05) is 25.4 Å². The molecule has 0 bridgehead atoms.